The van der Waals surface area contributed by atoms with Gasteiger partial charge in [0.25, 0.3) is 0 Å². The minimum absolute atomic E-state index is 0.0287. The van der Waals surface area contributed by atoms with Crippen molar-refractivity contribution >= 4 is 34.8 Å². The van der Waals surface area contributed by atoms with Crippen LogP contribution in [0.15, 0.2) is 109 Å². The molecule has 11 heteroatoms. The number of ketones is 1. The number of hydrogen-bond acceptors (Lipinski definition) is 9. The fraction of sp³-hybridized carbons (Fsp3) is 0.306. The number of carbonyl (C=O) groups excluding carboxylic acids is 4. The number of unbranched alkanes of at least 4 members (excludes halogenated alkanes) is 1. The lowest BCUT2D eigenvalue weighted by molar-refractivity contribution is -0.141. The number of nitrogens with one attached hydrogen (secondary N) is 1. The summed E-state index contributed by atoms with van der Waals surface area (Å²) in [5.74, 6) is -0.161. The molecule has 1 aromatic heterocycles. The maximum Gasteiger partial charge on any atom is 0.535 e. The van der Waals surface area contributed by atoms with E-state index in [4.69, 9.17) is 14.3 Å². The summed E-state index contributed by atoms with van der Waals surface area (Å²) in [5, 5.41) is 10.8. The highest BCUT2D eigenvalue weighted by atomic mass is 16.8. The molecule has 1 amide bonds. The van der Waals surface area contributed by atoms with Crippen molar-refractivity contribution in [1.29, 1.82) is 0 Å². The normalized spacial score (nSPS) is 13.3. The number of fused-ring (bicyclic) bond motifs is 7. The van der Waals surface area contributed by atoms with Crippen LogP contribution in [0.2, 0.25) is 0 Å². The van der Waals surface area contributed by atoms with E-state index in [2.05, 4.69) is 65.0 Å². The molecule has 0 saturated heterocycles. The first kappa shape index (κ1) is 41.5. The molecule has 1 N–H and O–H groups in total. The quantitative estimate of drug-likeness (QED) is 0.0611. The molecule has 0 radical (unpaired) electrons. The van der Waals surface area contributed by atoms with Gasteiger partial charge in [-0.25, -0.2) is 4.79 Å². The van der Waals surface area contributed by atoms with Gasteiger partial charge in [-0.05, 0) is 93.1 Å². The van der Waals surface area contributed by atoms with Gasteiger partial charge < -0.3 is 14.8 Å². The first-order valence-corrected chi connectivity index (χ1v) is 20.8. The van der Waals surface area contributed by atoms with E-state index in [1.165, 1.54) is 29.2 Å². The van der Waals surface area contributed by atoms with E-state index in [9.17, 15) is 19.2 Å². The molecular formula is C49H50N4O7. The Hall–Kier alpha value is -6.62. The van der Waals surface area contributed by atoms with Crippen molar-refractivity contribution in [2.24, 2.45) is 0 Å². The second kappa shape index (κ2) is 19.4. The highest BCUT2D eigenvalue weighted by molar-refractivity contribution is 6.04. The molecule has 0 spiro atoms. The first-order valence-electron chi connectivity index (χ1n) is 20.8. The summed E-state index contributed by atoms with van der Waals surface area (Å²) in [4.78, 5) is 55.4. The summed E-state index contributed by atoms with van der Waals surface area (Å²) in [6, 6.07) is 35.8. The number of para-hydroxylation sites is 1. The van der Waals surface area contributed by atoms with Crippen molar-refractivity contribution in [3.63, 3.8) is 0 Å². The van der Waals surface area contributed by atoms with Gasteiger partial charge in [0, 0.05) is 43.7 Å². The monoisotopic (exact) mass is 806 g/mol. The van der Waals surface area contributed by atoms with Gasteiger partial charge in [-0.2, -0.15) is 0 Å². The maximum absolute atomic E-state index is 13.2. The average Bonchev–Trinajstić information content (AvgIpc) is 3.93. The minimum Gasteiger partial charge on any atom is -0.465 e. The maximum atomic E-state index is 13.2. The largest absolute Gasteiger partial charge is 0.535 e. The predicted molar refractivity (Wildman–Crippen MR) is 230 cm³/mol. The van der Waals surface area contributed by atoms with E-state index in [1.54, 1.807) is 18.2 Å². The molecule has 308 valence electrons. The van der Waals surface area contributed by atoms with Crippen molar-refractivity contribution in [3.8, 4) is 22.3 Å². The summed E-state index contributed by atoms with van der Waals surface area (Å²) < 4.78 is 10.8. The van der Waals surface area contributed by atoms with E-state index < -0.39 is 6.16 Å². The Labute approximate surface area is 350 Å². The molecule has 0 aliphatic heterocycles. The van der Waals surface area contributed by atoms with Crippen LogP contribution in [-0.4, -0.2) is 58.7 Å². The summed E-state index contributed by atoms with van der Waals surface area (Å²) in [6.07, 6.45) is 4.19. The minimum atomic E-state index is -0.898. The van der Waals surface area contributed by atoms with Gasteiger partial charge in [-0.3, -0.25) is 19.2 Å². The summed E-state index contributed by atoms with van der Waals surface area (Å²) in [5.41, 5.74) is 11.8. The molecule has 2 aliphatic carbocycles. The van der Waals surface area contributed by atoms with Gasteiger partial charge in [-0.15, -0.1) is 5.10 Å². The fourth-order valence-electron chi connectivity index (χ4n) is 8.11. The van der Waals surface area contributed by atoms with Crippen molar-refractivity contribution in [2.45, 2.75) is 77.6 Å². The van der Waals surface area contributed by atoms with Crippen LogP contribution in [0.4, 0.5) is 4.79 Å². The number of nitrogens with zero attached hydrogens (tertiary/aromatic N) is 3. The Morgan fingerprint density at radius 2 is 1.37 bits per heavy atom. The number of carbonyl (C=O) groups is 4. The lowest BCUT2D eigenvalue weighted by atomic mass is 9.93. The second-order valence-corrected chi connectivity index (χ2v) is 15.1. The molecule has 0 bridgehead atoms. The van der Waals surface area contributed by atoms with Crippen LogP contribution in [0.3, 0.4) is 0 Å². The van der Waals surface area contributed by atoms with E-state index >= 15 is 0 Å². The van der Waals surface area contributed by atoms with E-state index in [0.717, 1.165) is 64.8 Å². The van der Waals surface area contributed by atoms with Crippen LogP contribution in [0.5, 0.6) is 0 Å². The number of aromatic nitrogens is 3. The molecule has 1 heterocycles. The molecular weight excluding hydrogens is 757 g/mol. The predicted octanol–water partition coefficient (Wildman–Crippen LogP) is 9.39. The van der Waals surface area contributed by atoms with Crippen LogP contribution in [0.25, 0.3) is 33.3 Å². The molecule has 5 aromatic carbocycles. The topological polar surface area (TPSA) is 139 Å². The Morgan fingerprint density at radius 3 is 2.10 bits per heavy atom. The molecule has 0 saturated carbocycles. The molecule has 2 aliphatic rings. The van der Waals surface area contributed by atoms with E-state index in [1.807, 2.05) is 55.5 Å². The van der Waals surface area contributed by atoms with Crippen LogP contribution < -0.4 is 10.2 Å². The second-order valence-electron chi connectivity index (χ2n) is 15.1. The lowest BCUT2D eigenvalue weighted by Crippen LogP contribution is -2.24. The first-order chi connectivity index (χ1) is 29.3. The zero-order chi connectivity index (χ0) is 42.0. The number of aryl methyl sites for hydroxylation is 1. The number of Topliss-reactive ketones (excluding diaryl/α,β-unsaturated/α-hetero) is 1. The fourth-order valence-corrected chi connectivity index (χ4v) is 8.11. The number of hydrogen-bond donors (Lipinski definition) is 1. The number of ether oxygens (including phenoxy) is 2. The summed E-state index contributed by atoms with van der Waals surface area (Å²) >= 11 is 0. The van der Waals surface area contributed by atoms with E-state index in [0.29, 0.717) is 42.6 Å². The average molecular weight is 807 g/mol. The van der Waals surface area contributed by atoms with Gasteiger partial charge in [-0.1, -0.05) is 122 Å². The van der Waals surface area contributed by atoms with Gasteiger partial charge in [0.05, 0.1) is 0 Å². The number of esters is 1. The third-order valence-electron chi connectivity index (χ3n) is 11.0. The molecule has 60 heavy (non-hydrogen) atoms. The Morgan fingerprint density at radius 1 is 0.683 bits per heavy atom. The van der Waals surface area contributed by atoms with Gasteiger partial charge >= 0.3 is 12.1 Å². The van der Waals surface area contributed by atoms with Crippen molar-refractivity contribution < 1.29 is 33.5 Å². The number of amides is 1. The van der Waals surface area contributed by atoms with Crippen LogP contribution >= 0.6 is 0 Å². The smallest absolute Gasteiger partial charge is 0.465 e. The van der Waals surface area contributed by atoms with E-state index in [-0.39, 0.29) is 36.1 Å². The molecule has 1 unspecified atom stereocenters. The van der Waals surface area contributed by atoms with Gasteiger partial charge in [0.15, 0.2) is 5.78 Å². The SMILES string of the molecule is CC(=O)OCC1c2ccccc2-c2ccccc21.CCCCC(=O)c1cccc2c1-c1ccc(CCCC(=O)NCCC)cc1C2COC(=O)On1nnc2ccccc21. The van der Waals surface area contributed by atoms with Gasteiger partial charge in [0.1, 0.15) is 24.2 Å². The van der Waals surface area contributed by atoms with Gasteiger partial charge in [0.2, 0.25) is 5.91 Å². The molecule has 0 fully saturated rings. The number of benzene rings is 5. The third kappa shape index (κ3) is 9.31. The highest BCUT2D eigenvalue weighted by Crippen LogP contribution is 2.48. The molecule has 11 nitrogen and oxygen atoms in total. The summed E-state index contributed by atoms with van der Waals surface area (Å²) in [7, 11) is 0. The zero-order valence-electron chi connectivity index (χ0n) is 34.3. The van der Waals surface area contributed by atoms with Crippen LogP contribution in [0.1, 0.15) is 109 Å². The van der Waals surface area contributed by atoms with Crippen LogP contribution in [0, 0.1) is 0 Å². The Kier molecular flexibility index (Phi) is 13.4. The molecule has 6 aromatic rings. The highest BCUT2D eigenvalue weighted by Gasteiger charge is 2.33. The number of rotatable bonds is 15. The Bertz CT molecular complexity index is 2460. The van der Waals surface area contributed by atoms with Crippen LogP contribution in [-0.2, 0) is 25.5 Å². The van der Waals surface area contributed by atoms with Crippen molar-refractivity contribution in [2.75, 3.05) is 19.8 Å². The van der Waals surface area contributed by atoms with Crippen molar-refractivity contribution in [1.82, 2.24) is 20.5 Å². The standard InChI is InChI=1S/C33H36N4O5.C16H14O2/c1-3-5-15-30(38)25-12-9-11-23-27(21-41-33(40)42-37-29-14-7-6-13-28(29)35-36-37)26-20-22(17-18-24(26)32(23)25)10-8-16-31(39)34-19-4-2;1-11(17)18-10-16-14-8-4-2-6-12(14)13-7-3-5-9-15(13)16/h6-7,9,11-14,17-18,20,27H,3-5,8,10,15-16,19,21H2,1-2H3,(H,34,39);2-9,16H,10H2,1H3. The third-order valence-corrected chi connectivity index (χ3v) is 11.0. The lowest BCUT2D eigenvalue weighted by Gasteiger charge is -2.15. The summed E-state index contributed by atoms with van der Waals surface area (Å²) in [6.45, 7) is 6.69. The van der Waals surface area contributed by atoms with Crippen molar-refractivity contribution in [3.05, 3.63) is 143 Å². The molecule has 8 rings (SSSR count). The Balaban J connectivity index is 0.000000250. The zero-order valence-corrected chi connectivity index (χ0v) is 34.3. The molecule has 1 atom stereocenters.